The first-order valence-electron chi connectivity index (χ1n) is 3.95. The molecule has 0 saturated heterocycles. The molecule has 1 rings (SSSR count). The van der Waals surface area contributed by atoms with E-state index in [-0.39, 0.29) is 9.64 Å². The fourth-order valence-electron chi connectivity index (χ4n) is 1.11. The summed E-state index contributed by atoms with van der Waals surface area (Å²) in [6, 6.07) is 1.71. The average molecular weight is 365 g/mol. The molecular formula is C9H2F6IN. The van der Waals surface area contributed by atoms with Gasteiger partial charge in [0.05, 0.1) is 16.7 Å². The molecular weight excluding hydrogens is 363 g/mol. The van der Waals surface area contributed by atoms with Gasteiger partial charge in [-0.2, -0.15) is 31.6 Å². The third-order valence-corrected chi connectivity index (χ3v) is 2.69. The standard InChI is InChI=1S/C9H2F6IN/c10-8(11,12)4-1-6(9(13,14)15)5(3-17)7(16)2-4/h1-2H. The van der Waals surface area contributed by atoms with Crippen molar-refractivity contribution in [2.75, 3.05) is 0 Å². The number of hydrogen-bond acceptors (Lipinski definition) is 1. The van der Waals surface area contributed by atoms with Gasteiger partial charge in [0.25, 0.3) is 0 Å². The van der Waals surface area contributed by atoms with E-state index in [4.69, 9.17) is 5.26 Å². The number of nitriles is 1. The van der Waals surface area contributed by atoms with Crippen molar-refractivity contribution in [1.29, 1.82) is 5.26 Å². The van der Waals surface area contributed by atoms with Crippen LogP contribution in [0.15, 0.2) is 12.1 Å². The van der Waals surface area contributed by atoms with Crippen LogP contribution < -0.4 is 0 Å². The lowest BCUT2D eigenvalue weighted by molar-refractivity contribution is -0.143. The van der Waals surface area contributed by atoms with Crippen molar-refractivity contribution in [3.05, 3.63) is 32.4 Å². The van der Waals surface area contributed by atoms with Gasteiger partial charge in [-0.25, -0.2) is 0 Å². The number of nitrogens with zero attached hydrogens (tertiary/aromatic N) is 1. The van der Waals surface area contributed by atoms with Crippen LogP contribution in [0.5, 0.6) is 0 Å². The molecule has 0 aliphatic rings. The highest BCUT2D eigenvalue weighted by atomic mass is 127. The molecule has 0 spiro atoms. The van der Waals surface area contributed by atoms with E-state index in [1.165, 1.54) is 28.7 Å². The Hall–Kier alpha value is -0.980. The zero-order valence-corrected chi connectivity index (χ0v) is 9.91. The van der Waals surface area contributed by atoms with Gasteiger partial charge in [0, 0.05) is 3.57 Å². The van der Waals surface area contributed by atoms with Crippen molar-refractivity contribution < 1.29 is 26.3 Å². The molecule has 0 unspecified atom stereocenters. The van der Waals surface area contributed by atoms with Gasteiger partial charge in [-0.15, -0.1) is 0 Å². The van der Waals surface area contributed by atoms with Crippen LogP contribution >= 0.6 is 22.6 Å². The minimum Gasteiger partial charge on any atom is -0.192 e. The molecule has 0 radical (unpaired) electrons. The predicted octanol–water partition coefficient (Wildman–Crippen LogP) is 4.20. The Labute approximate surface area is 105 Å². The highest BCUT2D eigenvalue weighted by molar-refractivity contribution is 14.1. The minimum atomic E-state index is -4.99. The largest absolute Gasteiger partial charge is 0.417 e. The highest BCUT2D eigenvalue weighted by Crippen LogP contribution is 2.38. The summed E-state index contributed by atoms with van der Waals surface area (Å²) in [7, 11) is 0. The Morgan fingerprint density at radius 1 is 1.00 bits per heavy atom. The van der Waals surface area contributed by atoms with Gasteiger partial charge in [-0.3, -0.25) is 0 Å². The topological polar surface area (TPSA) is 23.8 Å². The van der Waals surface area contributed by atoms with Crippen LogP contribution in [-0.2, 0) is 12.4 Å². The summed E-state index contributed by atoms with van der Waals surface area (Å²) in [5, 5.41) is 8.52. The second kappa shape index (κ2) is 4.36. The van der Waals surface area contributed by atoms with Gasteiger partial charge in [-0.05, 0) is 34.7 Å². The molecule has 1 nitrogen and oxygen atoms in total. The molecule has 0 bridgehead atoms. The van der Waals surface area contributed by atoms with Crippen LogP contribution in [0.3, 0.4) is 0 Å². The summed E-state index contributed by atoms with van der Waals surface area (Å²) < 4.78 is 74.0. The molecule has 0 atom stereocenters. The first-order valence-corrected chi connectivity index (χ1v) is 5.03. The SMILES string of the molecule is N#Cc1c(I)cc(C(F)(F)F)cc1C(F)(F)F. The molecule has 1 aromatic rings. The van der Waals surface area contributed by atoms with E-state index in [0.29, 0.717) is 6.07 Å². The Kier molecular flexibility index (Phi) is 3.61. The quantitative estimate of drug-likeness (QED) is 0.500. The second-order valence-corrected chi connectivity index (χ2v) is 4.15. The van der Waals surface area contributed by atoms with Crippen molar-refractivity contribution in [1.82, 2.24) is 0 Å². The van der Waals surface area contributed by atoms with E-state index in [9.17, 15) is 26.3 Å². The Bertz CT molecular complexity index is 482. The van der Waals surface area contributed by atoms with Gasteiger partial charge >= 0.3 is 12.4 Å². The van der Waals surface area contributed by atoms with Gasteiger partial charge in [0.1, 0.15) is 6.07 Å². The summed E-state index contributed by atoms with van der Waals surface area (Å²) in [5.74, 6) is 0. The summed E-state index contributed by atoms with van der Waals surface area (Å²) in [4.78, 5) is 0. The third kappa shape index (κ3) is 3.02. The van der Waals surface area contributed by atoms with Gasteiger partial charge in [0.2, 0.25) is 0 Å². The number of rotatable bonds is 0. The minimum absolute atomic E-state index is 0.0548. The molecule has 92 valence electrons. The van der Waals surface area contributed by atoms with E-state index in [0.717, 1.165) is 0 Å². The average Bonchev–Trinajstić information content (AvgIpc) is 2.13. The lowest BCUT2D eigenvalue weighted by atomic mass is 10.0. The lowest BCUT2D eigenvalue weighted by Gasteiger charge is -2.14. The molecule has 0 fully saturated rings. The second-order valence-electron chi connectivity index (χ2n) is 2.99. The van der Waals surface area contributed by atoms with Crippen molar-refractivity contribution in [3.8, 4) is 6.07 Å². The first-order chi connectivity index (χ1) is 7.57. The molecule has 0 aliphatic carbocycles. The van der Waals surface area contributed by atoms with Crippen molar-refractivity contribution in [3.63, 3.8) is 0 Å². The van der Waals surface area contributed by atoms with Crippen LogP contribution in [-0.4, -0.2) is 0 Å². The molecule has 0 N–H and O–H groups in total. The predicted molar refractivity (Wildman–Crippen MR) is 53.9 cm³/mol. The summed E-state index contributed by atoms with van der Waals surface area (Å²) >= 11 is 1.27. The van der Waals surface area contributed by atoms with Crippen LogP contribution in [0.1, 0.15) is 16.7 Å². The number of hydrogen-bond donors (Lipinski definition) is 0. The van der Waals surface area contributed by atoms with E-state index in [2.05, 4.69) is 0 Å². The van der Waals surface area contributed by atoms with Crippen LogP contribution in [0, 0.1) is 14.9 Å². The fourth-order valence-corrected chi connectivity index (χ4v) is 1.85. The van der Waals surface area contributed by atoms with Gasteiger partial charge < -0.3 is 0 Å². The monoisotopic (exact) mass is 365 g/mol. The third-order valence-electron chi connectivity index (χ3n) is 1.83. The zero-order valence-electron chi connectivity index (χ0n) is 7.75. The molecule has 0 aromatic heterocycles. The normalized spacial score (nSPS) is 12.4. The number of halogens is 7. The van der Waals surface area contributed by atoms with Gasteiger partial charge in [0.15, 0.2) is 0 Å². The number of alkyl halides is 6. The molecule has 0 aliphatic heterocycles. The highest BCUT2D eigenvalue weighted by Gasteiger charge is 2.39. The van der Waals surface area contributed by atoms with Crippen molar-refractivity contribution >= 4 is 22.6 Å². The van der Waals surface area contributed by atoms with E-state index in [1.807, 2.05) is 0 Å². The maximum absolute atomic E-state index is 12.5. The molecule has 0 saturated carbocycles. The van der Waals surface area contributed by atoms with Crippen LogP contribution in [0.2, 0.25) is 0 Å². The van der Waals surface area contributed by atoms with Crippen LogP contribution in [0.4, 0.5) is 26.3 Å². The van der Waals surface area contributed by atoms with Crippen LogP contribution in [0.25, 0.3) is 0 Å². The maximum Gasteiger partial charge on any atom is 0.417 e. The first kappa shape index (κ1) is 14.1. The molecule has 17 heavy (non-hydrogen) atoms. The fraction of sp³-hybridized carbons (Fsp3) is 0.222. The Morgan fingerprint density at radius 3 is 1.88 bits per heavy atom. The van der Waals surface area contributed by atoms with Crippen molar-refractivity contribution in [2.45, 2.75) is 12.4 Å². The van der Waals surface area contributed by atoms with Crippen molar-refractivity contribution in [2.24, 2.45) is 0 Å². The van der Waals surface area contributed by atoms with Gasteiger partial charge in [-0.1, -0.05) is 0 Å². The molecule has 1 aromatic carbocycles. The summed E-state index contributed by atoms with van der Waals surface area (Å²) in [6.07, 6.45) is -9.87. The maximum atomic E-state index is 12.5. The summed E-state index contributed by atoms with van der Waals surface area (Å²) in [5.41, 5.74) is -3.79. The van der Waals surface area contributed by atoms with E-state index in [1.54, 1.807) is 0 Å². The number of benzene rings is 1. The molecule has 0 amide bonds. The molecule has 0 heterocycles. The Morgan fingerprint density at radius 2 is 1.53 bits per heavy atom. The van der Waals surface area contributed by atoms with E-state index >= 15 is 0 Å². The lowest BCUT2D eigenvalue weighted by Crippen LogP contribution is -2.13. The summed E-state index contributed by atoms with van der Waals surface area (Å²) in [6.45, 7) is 0. The van der Waals surface area contributed by atoms with E-state index < -0.39 is 29.0 Å². The molecule has 8 heteroatoms. The Balaban J connectivity index is 3.58. The zero-order chi connectivity index (χ0) is 13.4. The smallest absolute Gasteiger partial charge is 0.192 e.